The number of amides is 1. The summed E-state index contributed by atoms with van der Waals surface area (Å²) in [6, 6.07) is 7.15. The summed E-state index contributed by atoms with van der Waals surface area (Å²) in [5.74, 6) is -0.190. The molecule has 0 bridgehead atoms. The van der Waals surface area contributed by atoms with E-state index in [4.69, 9.17) is 26.5 Å². The van der Waals surface area contributed by atoms with E-state index in [-0.39, 0.29) is 11.9 Å². The summed E-state index contributed by atoms with van der Waals surface area (Å²) in [6.45, 7) is 3.68. The van der Waals surface area contributed by atoms with Gasteiger partial charge in [-0.2, -0.15) is 0 Å². The van der Waals surface area contributed by atoms with Gasteiger partial charge < -0.3 is 20.2 Å². The number of rotatable bonds is 5. The van der Waals surface area contributed by atoms with Gasteiger partial charge in [0.2, 0.25) is 0 Å². The lowest BCUT2D eigenvalue weighted by Gasteiger charge is -2.43. The maximum Gasteiger partial charge on any atom is 0.255 e. The first-order valence-corrected chi connectivity index (χ1v) is 9.96. The van der Waals surface area contributed by atoms with E-state index in [9.17, 15) is 4.79 Å². The first-order chi connectivity index (χ1) is 13.0. The molecular formula is C20H26ClN3O3. The standard InChI is InChI=1S/C20H26ClN3O3/c21-20(7-8-24(12-17(20)22)11-15-4-2-9-26-15)13-23-19(25)16-5-1-3-14-6-10-27-18(14)16/h1,3,5-6,10,15,17H,2,4,7-9,11-13,22H2,(H,23,25)/t15-,17-,20-/m0/s1. The summed E-state index contributed by atoms with van der Waals surface area (Å²) in [5, 5.41) is 3.86. The molecule has 2 aliphatic rings. The maximum atomic E-state index is 12.6. The first-order valence-electron chi connectivity index (χ1n) is 9.58. The van der Waals surface area contributed by atoms with Crippen molar-refractivity contribution in [2.45, 2.75) is 36.3 Å². The topological polar surface area (TPSA) is 80.7 Å². The van der Waals surface area contributed by atoms with Crippen LogP contribution in [0.5, 0.6) is 0 Å². The fraction of sp³-hybridized carbons (Fsp3) is 0.550. The molecule has 1 aromatic carbocycles. The van der Waals surface area contributed by atoms with Crippen molar-refractivity contribution in [2.24, 2.45) is 5.73 Å². The smallest absolute Gasteiger partial charge is 0.255 e. The van der Waals surface area contributed by atoms with E-state index in [0.717, 1.165) is 44.3 Å². The summed E-state index contributed by atoms with van der Waals surface area (Å²) in [7, 11) is 0. The number of hydrogen-bond acceptors (Lipinski definition) is 5. The minimum Gasteiger partial charge on any atom is -0.464 e. The first kappa shape index (κ1) is 18.7. The number of carbonyl (C=O) groups is 1. The average Bonchev–Trinajstić information content (AvgIpc) is 3.34. The normalized spacial score (nSPS) is 29.3. The van der Waals surface area contributed by atoms with Crippen molar-refractivity contribution in [2.75, 3.05) is 32.8 Å². The second-order valence-electron chi connectivity index (χ2n) is 7.61. The third kappa shape index (κ3) is 3.99. The van der Waals surface area contributed by atoms with Crippen molar-refractivity contribution in [1.82, 2.24) is 10.2 Å². The molecule has 2 aliphatic heterocycles. The van der Waals surface area contributed by atoms with Crippen LogP contribution in [-0.4, -0.2) is 60.6 Å². The Morgan fingerprint density at radius 2 is 2.30 bits per heavy atom. The Morgan fingerprint density at radius 3 is 3.07 bits per heavy atom. The Bertz CT molecular complexity index is 805. The van der Waals surface area contributed by atoms with Crippen LogP contribution in [0.3, 0.4) is 0 Å². The summed E-state index contributed by atoms with van der Waals surface area (Å²) in [6.07, 6.45) is 4.89. The highest BCUT2D eigenvalue weighted by atomic mass is 35.5. The van der Waals surface area contributed by atoms with E-state index in [1.807, 2.05) is 18.2 Å². The maximum absolute atomic E-state index is 12.6. The minimum atomic E-state index is -0.639. The zero-order valence-corrected chi connectivity index (χ0v) is 16.1. The molecule has 2 fully saturated rings. The number of furan rings is 1. The van der Waals surface area contributed by atoms with Crippen molar-refractivity contribution in [3.63, 3.8) is 0 Å². The number of carbonyl (C=O) groups excluding carboxylic acids is 1. The third-order valence-corrected chi connectivity index (χ3v) is 6.32. The van der Waals surface area contributed by atoms with E-state index in [2.05, 4.69) is 10.2 Å². The van der Waals surface area contributed by atoms with Gasteiger partial charge in [0.25, 0.3) is 5.91 Å². The molecular weight excluding hydrogens is 366 g/mol. The SMILES string of the molecule is N[C@H]1CN(C[C@@H]2CCCO2)CC[C@]1(Cl)CNC(=O)c1cccc2ccoc12. The zero-order chi connectivity index (χ0) is 18.9. The average molecular weight is 392 g/mol. The lowest BCUT2D eigenvalue weighted by molar-refractivity contribution is 0.0575. The minimum absolute atomic E-state index is 0.190. The number of nitrogens with two attached hydrogens (primary N) is 1. The Balaban J connectivity index is 1.35. The van der Waals surface area contributed by atoms with E-state index in [0.29, 0.717) is 30.3 Å². The number of nitrogens with zero attached hydrogens (tertiary/aromatic N) is 1. The van der Waals surface area contributed by atoms with Crippen LogP contribution in [0.25, 0.3) is 11.0 Å². The molecule has 146 valence electrons. The molecule has 1 amide bonds. The van der Waals surface area contributed by atoms with Gasteiger partial charge in [0.15, 0.2) is 0 Å². The van der Waals surface area contributed by atoms with Crippen molar-refractivity contribution in [3.05, 3.63) is 36.1 Å². The predicted octanol–water partition coefficient (Wildman–Crippen LogP) is 2.35. The number of halogens is 1. The molecule has 7 heteroatoms. The number of nitrogens with one attached hydrogen (secondary N) is 1. The van der Waals surface area contributed by atoms with Crippen LogP contribution in [-0.2, 0) is 4.74 Å². The fourth-order valence-electron chi connectivity index (χ4n) is 4.02. The zero-order valence-electron chi connectivity index (χ0n) is 15.3. The van der Waals surface area contributed by atoms with Crippen molar-refractivity contribution in [3.8, 4) is 0 Å². The van der Waals surface area contributed by atoms with Gasteiger partial charge in [0.1, 0.15) is 5.58 Å². The Hall–Kier alpha value is -1.60. The number of para-hydroxylation sites is 1. The second-order valence-corrected chi connectivity index (χ2v) is 8.37. The van der Waals surface area contributed by atoms with E-state index >= 15 is 0 Å². The van der Waals surface area contributed by atoms with E-state index in [1.54, 1.807) is 12.3 Å². The number of hydrogen-bond donors (Lipinski definition) is 2. The molecule has 4 rings (SSSR count). The Labute approximate surface area is 164 Å². The molecule has 0 radical (unpaired) electrons. The van der Waals surface area contributed by atoms with E-state index < -0.39 is 4.87 Å². The number of ether oxygens (including phenoxy) is 1. The number of likely N-dealkylation sites (tertiary alicyclic amines) is 1. The highest BCUT2D eigenvalue weighted by molar-refractivity contribution is 6.25. The number of fused-ring (bicyclic) bond motifs is 1. The van der Waals surface area contributed by atoms with Gasteiger partial charge in [0, 0.05) is 44.2 Å². The van der Waals surface area contributed by atoms with Crippen molar-refractivity contribution < 1.29 is 13.9 Å². The third-order valence-electron chi connectivity index (χ3n) is 5.72. The summed E-state index contributed by atoms with van der Waals surface area (Å²) >= 11 is 6.82. The largest absolute Gasteiger partial charge is 0.464 e. The van der Waals surface area contributed by atoms with Gasteiger partial charge >= 0.3 is 0 Å². The summed E-state index contributed by atoms with van der Waals surface area (Å²) < 4.78 is 11.2. The van der Waals surface area contributed by atoms with Crippen molar-refractivity contribution >= 4 is 28.5 Å². The van der Waals surface area contributed by atoms with Crippen molar-refractivity contribution in [1.29, 1.82) is 0 Å². The van der Waals surface area contributed by atoms with Crippen LogP contribution in [0, 0.1) is 0 Å². The molecule has 3 heterocycles. The Morgan fingerprint density at radius 1 is 1.41 bits per heavy atom. The molecule has 2 saturated heterocycles. The van der Waals surface area contributed by atoms with Gasteiger partial charge in [-0.3, -0.25) is 9.69 Å². The van der Waals surface area contributed by atoms with Gasteiger partial charge in [-0.1, -0.05) is 12.1 Å². The molecule has 1 aromatic heterocycles. The molecule has 0 unspecified atom stereocenters. The molecule has 3 N–H and O–H groups in total. The van der Waals surface area contributed by atoms with E-state index in [1.165, 1.54) is 0 Å². The number of alkyl halides is 1. The number of benzene rings is 1. The van der Waals surface area contributed by atoms with Crippen LogP contribution >= 0.6 is 11.6 Å². The highest BCUT2D eigenvalue weighted by Crippen LogP contribution is 2.29. The summed E-state index contributed by atoms with van der Waals surface area (Å²) in [5.41, 5.74) is 7.50. The molecule has 0 spiro atoms. The molecule has 0 saturated carbocycles. The quantitative estimate of drug-likeness (QED) is 0.765. The molecule has 2 aromatic rings. The van der Waals surface area contributed by atoms with Crippen LogP contribution < -0.4 is 11.1 Å². The van der Waals surface area contributed by atoms with Crippen LogP contribution in [0.15, 0.2) is 34.9 Å². The molecule has 3 atom stereocenters. The Kier molecular flexibility index (Phi) is 5.41. The van der Waals surface area contributed by atoms with Gasteiger partial charge in [0.05, 0.1) is 22.8 Å². The number of piperidine rings is 1. The molecule has 6 nitrogen and oxygen atoms in total. The monoisotopic (exact) mass is 391 g/mol. The van der Waals surface area contributed by atoms with Gasteiger partial charge in [-0.05, 0) is 31.4 Å². The lowest BCUT2D eigenvalue weighted by Crippen LogP contribution is -2.61. The van der Waals surface area contributed by atoms with Gasteiger partial charge in [-0.15, -0.1) is 11.6 Å². The van der Waals surface area contributed by atoms with Crippen LogP contribution in [0.1, 0.15) is 29.6 Å². The summed E-state index contributed by atoms with van der Waals surface area (Å²) in [4.78, 5) is 14.3. The lowest BCUT2D eigenvalue weighted by atomic mass is 9.90. The van der Waals surface area contributed by atoms with Crippen LogP contribution in [0.2, 0.25) is 0 Å². The highest BCUT2D eigenvalue weighted by Gasteiger charge is 2.40. The second kappa shape index (κ2) is 7.80. The van der Waals surface area contributed by atoms with Gasteiger partial charge in [-0.25, -0.2) is 0 Å². The molecule has 27 heavy (non-hydrogen) atoms. The van der Waals surface area contributed by atoms with Crippen LogP contribution in [0.4, 0.5) is 0 Å². The fourth-order valence-corrected chi connectivity index (χ4v) is 4.24. The molecule has 0 aliphatic carbocycles. The predicted molar refractivity (Wildman–Crippen MR) is 105 cm³/mol.